The molecule has 0 aliphatic carbocycles. The van der Waals surface area contributed by atoms with E-state index in [9.17, 15) is 0 Å². The van der Waals surface area contributed by atoms with Gasteiger partial charge in [0.05, 0.1) is 11.4 Å². The van der Waals surface area contributed by atoms with Gasteiger partial charge < -0.3 is 4.90 Å². The summed E-state index contributed by atoms with van der Waals surface area (Å²) in [6.07, 6.45) is 0. The third-order valence-corrected chi connectivity index (χ3v) is 6.58. The molecule has 2 nitrogen and oxygen atoms in total. The van der Waals surface area contributed by atoms with Crippen LogP contribution in [0.5, 0.6) is 0 Å². The van der Waals surface area contributed by atoms with Gasteiger partial charge in [0.1, 0.15) is 0 Å². The lowest BCUT2D eigenvalue weighted by molar-refractivity contribution is 1.05. The lowest BCUT2D eigenvalue weighted by Gasteiger charge is -2.15. The molecule has 0 fully saturated rings. The van der Waals surface area contributed by atoms with Crippen molar-refractivity contribution in [3.63, 3.8) is 0 Å². The number of rotatable bonds is 1. The lowest BCUT2D eigenvalue weighted by Crippen LogP contribution is -2.10. The van der Waals surface area contributed by atoms with Gasteiger partial charge in [-0.15, -0.1) is 0 Å². The van der Waals surface area contributed by atoms with Gasteiger partial charge in [0, 0.05) is 42.8 Å². The summed E-state index contributed by atoms with van der Waals surface area (Å²) < 4.78 is 0. The van der Waals surface area contributed by atoms with E-state index in [4.69, 9.17) is 4.98 Å². The van der Waals surface area contributed by atoms with Crippen LogP contribution >= 0.6 is 23.5 Å². The summed E-state index contributed by atoms with van der Waals surface area (Å²) >= 11 is 3.90. The molecule has 25 heavy (non-hydrogen) atoms. The summed E-state index contributed by atoms with van der Waals surface area (Å²) in [4.78, 5) is 7.07. The van der Waals surface area contributed by atoms with Crippen molar-refractivity contribution in [2.24, 2.45) is 0 Å². The fraction of sp³-hybridized carbons (Fsp3) is 0.286. The molecule has 0 spiro atoms. The van der Waals surface area contributed by atoms with E-state index < -0.39 is 0 Å². The zero-order chi connectivity index (χ0) is 17.2. The van der Waals surface area contributed by atoms with Crippen LogP contribution in [0.4, 0.5) is 5.69 Å². The molecule has 4 heteroatoms. The minimum absolute atomic E-state index is 0.954. The molecule has 3 aromatic rings. The predicted molar refractivity (Wildman–Crippen MR) is 113 cm³/mol. The first-order chi connectivity index (χ1) is 12.2. The van der Waals surface area contributed by atoms with Gasteiger partial charge in [-0.1, -0.05) is 36.4 Å². The summed E-state index contributed by atoms with van der Waals surface area (Å²) in [5, 5.41) is 2.81. The summed E-state index contributed by atoms with van der Waals surface area (Å²) in [5.41, 5.74) is 6.48. The van der Waals surface area contributed by atoms with Gasteiger partial charge in [-0.3, -0.25) is 4.98 Å². The summed E-state index contributed by atoms with van der Waals surface area (Å²) in [5.74, 6) is 3.96. The number of hydrogen-bond acceptors (Lipinski definition) is 4. The second-order valence-corrected chi connectivity index (χ2v) is 8.59. The second-order valence-electron chi connectivity index (χ2n) is 6.62. The quantitative estimate of drug-likeness (QED) is 0.566. The zero-order valence-corrected chi connectivity index (χ0v) is 16.3. The normalized spacial score (nSPS) is 14.6. The van der Waals surface area contributed by atoms with Gasteiger partial charge in [-0.2, -0.15) is 23.5 Å². The predicted octanol–water partition coefficient (Wildman–Crippen LogP) is 5.48. The molecular formula is C21H22N2S2. The minimum atomic E-state index is 0.954. The van der Waals surface area contributed by atoms with Crippen molar-refractivity contribution < 1.29 is 0 Å². The van der Waals surface area contributed by atoms with E-state index in [1.54, 1.807) is 0 Å². The van der Waals surface area contributed by atoms with Crippen LogP contribution in [0, 0.1) is 0 Å². The molecule has 4 rings (SSSR count). The first kappa shape index (κ1) is 16.8. The number of anilines is 1. The topological polar surface area (TPSA) is 16.1 Å². The number of pyridine rings is 1. The van der Waals surface area contributed by atoms with Crippen molar-refractivity contribution in [3.05, 3.63) is 71.0 Å². The maximum absolute atomic E-state index is 4.90. The van der Waals surface area contributed by atoms with E-state index in [1.165, 1.54) is 39.0 Å². The maximum Gasteiger partial charge on any atom is 0.0527 e. The van der Waals surface area contributed by atoms with Gasteiger partial charge >= 0.3 is 0 Å². The number of aromatic nitrogens is 1. The van der Waals surface area contributed by atoms with Crippen molar-refractivity contribution in [3.8, 4) is 0 Å². The van der Waals surface area contributed by atoms with Gasteiger partial charge in [-0.05, 0) is 34.0 Å². The fourth-order valence-corrected chi connectivity index (χ4v) is 5.12. The van der Waals surface area contributed by atoms with Crippen LogP contribution in [-0.4, -0.2) is 19.1 Å². The van der Waals surface area contributed by atoms with Crippen molar-refractivity contribution in [2.75, 3.05) is 19.0 Å². The molecule has 2 heterocycles. The van der Waals surface area contributed by atoms with Crippen LogP contribution in [-0.2, 0) is 23.0 Å². The number of benzene rings is 2. The van der Waals surface area contributed by atoms with E-state index in [1.807, 2.05) is 23.5 Å². The van der Waals surface area contributed by atoms with Crippen LogP contribution in [0.15, 0.2) is 48.5 Å². The van der Waals surface area contributed by atoms with Crippen molar-refractivity contribution in [2.45, 2.75) is 23.0 Å². The average Bonchev–Trinajstić information content (AvgIpc) is 2.62. The molecule has 2 aromatic carbocycles. The SMILES string of the molecule is CN(C)c1cc2nc(c1)CSCc1cccc3c(cccc13)CSC2. The Balaban J connectivity index is 1.74. The van der Waals surface area contributed by atoms with Gasteiger partial charge in [0.2, 0.25) is 0 Å². The Morgan fingerprint density at radius 3 is 1.76 bits per heavy atom. The van der Waals surface area contributed by atoms with Crippen LogP contribution < -0.4 is 4.90 Å². The van der Waals surface area contributed by atoms with E-state index >= 15 is 0 Å². The minimum Gasteiger partial charge on any atom is -0.378 e. The first-order valence-corrected chi connectivity index (χ1v) is 10.8. The molecular weight excluding hydrogens is 344 g/mol. The molecule has 0 radical (unpaired) electrons. The van der Waals surface area contributed by atoms with Crippen molar-refractivity contribution >= 4 is 40.0 Å². The van der Waals surface area contributed by atoms with Crippen LogP contribution in [0.1, 0.15) is 22.5 Å². The molecule has 1 aliphatic heterocycles. The Bertz CT molecular complexity index is 838. The third-order valence-electron chi connectivity index (χ3n) is 4.55. The van der Waals surface area contributed by atoms with Crippen molar-refractivity contribution in [1.82, 2.24) is 4.98 Å². The number of nitrogens with zero attached hydrogens (tertiary/aromatic N) is 2. The largest absolute Gasteiger partial charge is 0.378 e. The standard InChI is InChI=1S/C21H22N2S2/c1-23(2)19-9-17-13-24-11-15-5-3-7-20-16(6-4-8-21(15)20)12-25-14-18(10-19)22-17/h3-10H,11-14H2,1-2H3. The summed E-state index contributed by atoms with van der Waals surface area (Å²) in [6.45, 7) is 0. The Morgan fingerprint density at radius 2 is 1.28 bits per heavy atom. The van der Waals surface area contributed by atoms with Gasteiger partial charge in [0.15, 0.2) is 0 Å². The number of thioether (sulfide) groups is 2. The molecule has 6 bridgehead atoms. The maximum atomic E-state index is 4.90. The van der Waals surface area contributed by atoms with E-state index in [0.717, 1.165) is 23.0 Å². The highest BCUT2D eigenvalue weighted by Gasteiger charge is 2.10. The molecule has 128 valence electrons. The molecule has 0 amide bonds. The molecule has 0 saturated carbocycles. The zero-order valence-electron chi connectivity index (χ0n) is 14.7. The average molecular weight is 367 g/mol. The molecule has 0 unspecified atom stereocenters. The molecule has 0 saturated heterocycles. The monoisotopic (exact) mass is 366 g/mol. The van der Waals surface area contributed by atoms with Crippen LogP contribution in [0.2, 0.25) is 0 Å². The fourth-order valence-electron chi connectivity index (χ4n) is 3.26. The Kier molecular flexibility index (Phi) is 4.91. The van der Waals surface area contributed by atoms with E-state index in [0.29, 0.717) is 0 Å². The molecule has 1 aromatic heterocycles. The highest BCUT2D eigenvalue weighted by molar-refractivity contribution is 7.98. The van der Waals surface area contributed by atoms with Gasteiger partial charge in [0.25, 0.3) is 0 Å². The molecule has 1 aliphatic rings. The second kappa shape index (κ2) is 7.30. The Labute approximate surface area is 158 Å². The van der Waals surface area contributed by atoms with Crippen LogP contribution in [0.25, 0.3) is 10.8 Å². The molecule has 0 atom stereocenters. The number of hydrogen-bond donors (Lipinski definition) is 0. The smallest absolute Gasteiger partial charge is 0.0527 e. The van der Waals surface area contributed by atoms with Crippen LogP contribution in [0.3, 0.4) is 0 Å². The lowest BCUT2D eigenvalue weighted by atomic mass is 10.0. The Hall–Kier alpha value is -1.65. The highest BCUT2D eigenvalue weighted by atomic mass is 32.2. The third kappa shape index (κ3) is 3.65. The van der Waals surface area contributed by atoms with Crippen molar-refractivity contribution in [1.29, 1.82) is 0 Å². The Morgan fingerprint density at radius 1 is 0.760 bits per heavy atom. The highest BCUT2D eigenvalue weighted by Crippen LogP contribution is 2.31. The first-order valence-electron chi connectivity index (χ1n) is 8.53. The molecule has 0 N–H and O–H groups in total. The number of fused-ring (bicyclic) bond motifs is 2. The van der Waals surface area contributed by atoms with E-state index in [-0.39, 0.29) is 0 Å². The summed E-state index contributed by atoms with van der Waals surface area (Å²) in [6, 6.07) is 17.9. The van der Waals surface area contributed by atoms with E-state index in [2.05, 4.69) is 67.5 Å². The van der Waals surface area contributed by atoms with Gasteiger partial charge in [-0.25, -0.2) is 0 Å². The summed E-state index contributed by atoms with van der Waals surface area (Å²) in [7, 11) is 4.20.